The van der Waals surface area contributed by atoms with Gasteiger partial charge in [0.1, 0.15) is 0 Å². The quantitative estimate of drug-likeness (QED) is 0.693. The second-order valence-electron chi connectivity index (χ2n) is 4.15. The van der Waals surface area contributed by atoms with Crippen molar-refractivity contribution < 1.29 is 0 Å². The molecule has 2 unspecified atom stereocenters. The Balaban J connectivity index is 2.09. The number of alkyl halides is 1. The maximum Gasteiger partial charge on any atom is 0.0423 e. The highest BCUT2D eigenvalue weighted by Gasteiger charge is 2.32. The van der Waals surface area contributed by atoms with Crippen molar-refractivity contribution in [3.63, 3.8) is 0 Å². The van der Waals surface area contributed by atoms with Gasteiger partial charge in [0.05, 0.1) is 0 Å². The zero-order chi connectivity index (χ0) is 10.1. The molecule has 0 bridgehead atoms. The fraction of sp³-hybridized carbons (Fsp3) is 0.500. The molecule has 0 saturated heterocycles. The van der Waals surface area contributed by atoms with Crippen molar-refractivity contribution in [2.24, 2.45) is 11.8 Å². The van der Waals surface area contributed by atoms with Crippen molar-refractivity contribution in [2.75, 3.05) is 0 Å². The molecule has 2 atom stereocenters. The summed E-state index contributed by atoms with van der Waals surface area (Å²) in [6, 6.07) is 8.15. The van der Waals surface area contributed by atoms with Gasteiger partial charge in [-0.25, -0.2) is 0 Å². The molecule has 0 heterocycles. The summed E-state index contributed by atoms with van der Waals surface area (Å²) in [5.41, 5.74) is 1.34. The average molecular weight is 274 g/mol. The number of benzene rings is 1. The zero-order valence-corrected chi connectivity index (χ0v) is 10.6. The van der Waals surface area contributed by atoms with E-state index in [1.54, 1.807) is 0 Å². The van der Waals surface area contributed by atoms with Gasteiger partial charge in [0, 0.05) is 9.85 Å². The van der Waals surface area contributed by atoms with Gasteiger partial charge in [-0.15, -0.1) is 0 Å². The molecule has 0 spiro atoms. The minimum atomic E-state index is 0.479. The van der Waals surface area contributed by atoms with Gasteiger partial charge < -0.3 is 0 Å². The monoisotopic (exact) mass is 272 g/mol. The van der Waals surface area contributed by atoms with E-state index in [1.165, 1.54) is 18.4 Å². The van der Waals surface area contributed by atoms with Crippen molar-refractivity contribution in [2.45, 2.75) is 24.6 Å². The summed E-state index contributed by atoms with van der Waals surface area (Å²) >= 11 is 9.63. The Labute approximate surface area is 98.8 Å². The molecule has 1 aromatic rings. The van der Waals surface area contributed by atoms with Crippen molar-refractivity contribution in [1.29, 1.82) is 0 Å². The predicted molar refractivity (Wildman–Crippen MR) is 65.0 cm³/mol. The van der Waals surface area contributed by atoms with Crippen molar-refractivity contribution in [3.05, 3.63) is 34.9 Å². The van der Waals surface area contributed by atoms with Gasteiger partial charge in [0.25, 0.3) is 0 Å². The van der Waals surface area contributed by atoms with Crippen LogP contribution in [-0.4, -0.2) is 0 Å². The van der Waals surface area contributed by atoms with Crippen molar-refractivity contribution in [3.8, 4) is 0 Å². The Hall–Kier alpha value is -0.0100. The molecule has 2 rings (SSSR count). The normalized spacial score (nSPS) is 20.5. The summed E-state index contributed by atoms with van der Waals surface area (Å²) in [5.74, 6) is 1.66. The molecule has 1 fully saturated rings. The SMILES string of the molecule is CC(C1CC1)C(Br)c1ccc(Cl)cc1. The smallest absolute Gasteiger partial charge is 0.0423 e. The van der Waals surface area contributed by atoms with Gasteiger partial charge in [0.15, 0.2) is 0 Å². The zero-order valence-electron chi connectivity index (χ0n) is 8.21. The minimum absolute atomic E-state index is 0.479. The van der Waals surface area contributed by atoms with E-state index in [0.29, 0.717) is 4.83 Å². The van der Waals surface area contributed by atoms with E-state index in [1.807, 2.05) is 12.1 Å². The first-order valence-corrected chi connectivity index (χ1v) is 6.37. The van der Waals surface area contributed by atoms with Gasteiger partial charge in [-0.3, -0.25) is 0 Å². The lowest BCUT2D eigenvalue weighted by Gasteiger charge is -2.18. The molecule has 0 aliphatic heterocycles. The van der Waals surface area contributed by atoms with Crippen LogP contribution in [0.4, 0.5) is 0 Å². The Morgan fingerprint density at radius 3 is 2.36 bits per heavy atom. The second kappa shape index (κ2) is 4.24. The lowest BCUT2D eigenvalue weighted by molar-refractivity contribution is 0.503. The number of hydrogen-bond donors (Lipinski definition) is 0. The van der Waals surface area contributed by atoms with Crippen LogP contribution in [0.15, 0.2) is 24.3 Å². The number of rotatable bonds is 3. The summed E-state index contributed by atoms with van der Waals surface area (Å²) < 4.78 is 0. The lowest BCUT2D eigenvalue weighted by Crippen LogP contribution is -2.05. The summed E-state index contributed by atoms with van der Waals surface area (Å²) in [7, 11) is 0. The molecule has 14 heavy (non-hydrogen) atoms. The van der Waals surface area contributed by atoms with Crippen LogP contribution in [0.2, 0.25) is 5.02 Å². The van der Waals surface area contributed by atoms with Gasteiger partial charge in [0.2, 0.25) is 0 Å². The first-order valence-electron chi connectivity index (χ1n) is 5.08. The van der Waals surface area contributed by atoms with E-state index in [4.69, 9.17) is 11.6 Å². The molecule has 0 amide bonds. The molecule has 0 aromatic heterocycles. The van der Waals surface area contributed by atoms with E-state index in [0.717, 1.165) is 16.9 Å². The van der Waals surface area contributed by atoms with Crippen molar-refractivity contribution >= 4 is 27.5 Å². The molecule has 0 nitrogen and oxygen atoms in total. The molecule has 1 aliphatic carbocycles. The average Bonchev–Trinajstić information content (AvgIpc) is 3.00. The topological polar surface area (TPSA) is 0 Å². The Bertz CT molecular complexity index is 303. The minimum Gasteiger partial charge on any atom is -0.0843 e. The summed E-state index contributed by atoms with van der Waals surface area (Å²) in [4.78, 5) is 0.479. The molecule has 1 aliphatic rings. The molecule has 1 saturated carbocycles. The maximum atomic E-state index is 5.86. The molecule has 76 valence electrons. The van der Waals surface area contributed by atoms with Crippen LogP contribution in [0, 0.1) is 11.8 Å². The fourth-order valence-electron chi connectivity index (χ4n) is 1.81. The molecule has 0 radical (unpaired) electrons. The standard InChI is InChI=1S/C12H14BrCl/c1-8(9-2-3-9)12(13)10-4-6-11(14)7-5-10/h4-9,12H,2-3H2,1H3. The third kappa shape index (κ3) is 2.32. The van der Waals surface area contributed by atoms with Crippen LogP contribution in [0.25, 0.3) is 0 Å². The summed E-state index contributed by atoms with van der Waals surface area (Å²) in [6.07, 6.45) is 2.80. The first-order chi connectivity index (χ1) is 6.68. The third-order valence-electron chi connectivity index (χ3n) is 3.02. The number of halogens is 2. The van der Waals surface area contributed by atoms with E-state index < -0.39 is 0 Å². The summed E-state index contributed by atoms with van der Waals surface area (Å²) in [5, 5.41) is 0.813. The Morgan fingerprint density at radius 2 is 1.86 bits per heavy atom. The van der Waals surface area contributed by atoms with Gasteiger partial charge in [-0.05, 0) is 42.4 Å². The fourth-order valence-corrected chi connectivity index (χ4v) is 2.67. The van der Waals surface area contributed by atoms with Crippen LogP contribution in [0.1, 0.15) is 30.2 Å². The highest BCUT2D eigenvalue weighted by Crippen LogP contribution is 2.46. The van der Waals surface area contributed by atoms with Crippen LogP contribution < -0.4 is 0 Å². The highest BCUT2D eigenvalue weighted by molar-refractivity contribution is 9.09. The van der Waals surface area contributed by atoms with E-state index in [2.05, 4.69) is 35.0 Å². The van der Waals surface area contributed by atoms with E-state index in [9.17, 15) is 0 Å². The molecule has 0 N–H and O–H groups in total. The van der Waals surface area contributed by atoms with E-state index >= 15 is 0 Å². The second-order valence-corrected chi connectivity index (χ2v) is 5.57. The van der Waals surface area contributed by atoms with Crippen molar-refractivity contribution in [1.82, 2.24) is 0 Å². The van der Waals surface area contributed by atoms with Crippen LogP contribution in [0.5, 0.6) is 0 Å². The maximum absolute atomic E-state index is 5.86. The molecular weight excluding hydrogens is 259 g/mol. The number of hydrogen-bond acceptors (Lipinski definition) is 0. The van der Waals surface area contributed by atoms with Crippen LogP contribution in [0.3, 0.4) is 0 Å². The van der Waals surface area contributed by atoms with Crippen LogP contribution in [-0.2, 0) is 0 Å². The Morgan fingerprint density at radius 1 is 1.29 bits per heavy atom. The molecule has 1 aromatic carbocycles. The third-order valence-corrected chi connectivity index (χ3v) is 4.63. The first kappa shape index (κ1) is 10.5. The van der Waals surface area contributed by atoms with Gasteiger partial charge in [-0.2, -0.15) is 0 Å². The van der Waals surface area contributed by atoms with Gasteiger partial charge in [-0.1, -0.05) is 46.6 Å². The summed E-state index contributed by atoms with van der Waals surface area (Å²) in [6.45, 7) is 2.33. The molecule has 2 heteroatoms. The van der Waals surface area contributed by atoms with Gasteiger partial charge >= 0.3 is 0 Å². The Kier molecular flexibility index (Phi) is 3.18. The van der Waals surface area contributed by atoms with E-state index in [-0.39, 0.29) is 0 Å². The highest BCUT2D eigenvalue weighted by atomic mass is 79.9. The lowest BCUT2D eigenvalue weighted by atomic mass is 9.97. The molecular formula is C12H14BrCl. The predicted octanol–water partition coefficient (Wildman–Crippen LogP) is 4.82. The largest absolute Gasteiger partial charge is 0.0843 e. The van der Waals surface area contributed by atoms with Crippen LogP contribution >= 0.6 is 27.5 Å².